The van der Waals surface area contributed by atoms with E-state index in [1.54, 1.807) is 11.3 Å². The van der Waals surface area contributed by atoms with Gasteiger partial charge in [0.05, 0.1) is 5.69 Å². The molecular weight excluding hydrogens is 270 g/mol. The van der Waals surface area contributed by atoms with Crippen LogP contribution in [-0.2, 0) is 13.0 Å². The van der Waals surface area contributed by atoms with E-state index in [4.69, 9.17) is 5.73 Å². The molecule has 0 bridgehead atoms. The fourth-order valence-corrected chi connectivity index (χ4v) is 3.38. The van der Waals surface area contributed by atoms with Crippen LogP contribution in [0.2, 0.25) is 0 Å². The van der Waals surface area contributed by atoms with Gasteiger partial charge in [0.2, 0.25) is 5.95 Å². The number of aryl methyl sites for hydroxylation is 2. The van der Waals surface area contributed by atoms with Gasteiger partial charge >= 0.3 is 0 Å². The molecule has 1 unspecified atom stereocenters. The molecule has 0 amide bonds. The Balaban J connectivity index is 2.07. The van der Waals surface area contributed by atoms with Crippen molar-refractivity contribution in [2.45, 2.75) is 39.8 Å². The Morgan fingerprint density at radius 2 is 2.25 bits per heavy atom. The molecule has 3 heterocycles. The first-order valence-electron chi connectivity index (χ1n) is 6.83. The molecule has 0 aliphatic carbocycles. The number of nitrogens with zero attached hydrogens (tertiary/aromatic N) is 4. The van der Waals surface area contributed by atoms with E-state index >= 15 is 0 Å². The Morgan fingerprint density at radius 3 is 2.90 bits per heavy atom. The second-order valence-corrected chi connectivity index (χ2v) is 5.88. The number of aromatic nitrogens is 4. The molecule has 0 saturated carbocycles. The Hall–Kier alpha value is -1.82. The van der Waals surface area contributed by atoms with Gasteiger partial charge in [-0.1, -0.05) is 0 Å². The number of nitrogen functional groups attached to an aromatic ring is 1. The first-order valence-corrected chi connectivity index (χ1v) is 7.78. The molecule has 0 aromatic carbocycles. The van der Waals surface area contributed by atoms with Gasteiger partial charge in [-0.15, -0.1) is 0 Å². The Kier molecular flexibility index (Phi) is 3.25. The smallest absolute Gasteiger partial charge is 0.202 e. The largest absolute Gasteiger partial charge is 0.369 e. The summed E-state index contributed by atoms with van der Waals surface area (Å²) in [6.07, 6.45) is 0.951. The molecule has 0 radical (unpaired) electrons. The van der Waals surface area contributed by atoms with E-state index in [0.29, 0.717) is 5.95 Å². The minimum absolute atomic E-state index is 0.260. The number of hydrogen-bond acceptors (Lipinski definition) is 4. The zero-order valence-corrected chi connectivity index (χ0v) is 12.8. The van der Waals surface area contributed by atoms with Crippen LogP contribution in [0.5, 0.6) is 0 Å². The van der Waals surface area contributed by atoms with E-state index in [1.165, 1.54) is 5.56 Å². The number of fused-ring (bicyclic) bond motifs is 1. The van der Waals surface area contributed by atoms with Gasteiger partial charge in [0, 0.05) is 12.6 Å². The normalized spacial score (nSPS) is 13.2. The number of rotatable bonds is 4. The van der Waals surface area contributed by atoms with E-state index < -0.39 is 0 Å². The van der Waals surface area contributed by atoms with Crippen LogP contribution in [0.3, 0.4) is 0 Å². The predicted octanol–water partition coefficient (Wildman–Crippen LogP) is 3.01. The summed E-state index contributed by atoms with van der Waals surface area (Å²) in [6, 6.07) is 2.42. The zero-order valence-electron chi connectivity index (χ0n) is 12.0. The Labute approximate surface area is 122 Å². The third-order valence-corrected chi connectivity index (χ3v) is 4.35. The van der Waals surface area contributed by atoms with Gasteiger partial charge in [0.15, 0.2) is 5.65 Å². The summed E-state index contributed by atoms with van der Waals surface area (Å²) < 4.78 is 4.09. The van der Waals surface area contributed by atoms with Crippen molar-refractivity contribution in [3.05, 3.63) is 28.1 Å². The summed E-state index contributed by atoms with van der Waals surface area (Å²) in [5.74, 6) is 0.574. The van der Waals surface area contributed by atoms with E-state index in [9.17, 15) is 0 Å². The highest BCUT2D eigenvalue weighted by molar-refractivity contribution is 7.07. The average molecular weight is 289 g/mol. The van der Waals surface area contributed by atoms with Gasteiger partial charge in [-0.25, -0.2) is 9.67 Å². The van der Waals surface area contributed by atoms with Crippen molar-refractivity contribution in [3.8, 4) is 0 Å². The first kappa shape index (κ1) is 13.2. The topological polar surface area (TPSA) is 61.7 Å². The third kappa shape index (κ3) is 2.00. The lowest BCUT2D eigenvalue weighted by Gasteiger charge is -2.16. The summed E-state index contributed by atoms with van der Waals surface area (Å²) >= 11 is 1.72. The number of anilines is 1. The van der Waals surface area contributed by atoms with Gasteiger partial charge in [-0.05, 0) is 49.6 Å². The highest BCUT2D eigenvalue weighted by atomic mass is 32.1. The van der Waals surface area contributed by atoms with E-state index in [2.05, 4.69) is 45.3 Å². The maximum atomic E-state index is 6.13. The molecule has 5 nitrogen and oxygen atoms in total. The van der Waals surface area contributed by atoms with E-state index in [-0.39, 0.29) is 6.04 Å². The lowest BCUT2D eigenvalue weighted by molar-refractivity contribution is 0.543. The number of nitrogens with two attached hydrogens (primary N) is 1. The SMILES string of the molecule is CCn1nc(C)c2nc(N)n(C(C)Cc3ccsc3)c21. The summed E-state index contributed by atoms with van der Waals surface area (Å²) in [5, 5.41) is 8.82. The highest BCUT2D eigenvalue weighted by Gasteiger charge is 2.20. The summed E-state index contributed by atoms with van der Waals surface area (Å²) in [6.45, 7) is 7.07. The fourth-order valence-electron chi connectivity index (χ4n) is 2.70. The van der Waals surface area contributed by atoms with Crippen molar-refractivity contribution in [2.75, 3.05) is 5.73 Å². The van der Waals surface area contributed by atoms with Crippen molar-refractivity contribution in [3.63, 3.8) is 0 Å². The van der Waals surface area contributed by atoms with E-state index in [0.717, 1.165) is 29.8 Å². The number of thiophene rings is 1. The maximum Gasteiger partial charge on any atom is 0.202 e. The summed E-state index contributed by atoms with van der Waals surface area (Å²) in [4.78, 5) is 4.49. The van der Waals surface area contributed by atoms with Crippen LogP contribution >= 0.6 is 11.3 Å². The van der Waals surface area contributed by atoms with Crippen molar-refractivity contribution in [1.82, 2.24) is 19.3 Å². The van der Waals surface area contributed by atoms with Crippen LogP contribution in [-0.4, -0.2) is 19.3 Å². The molecular formula is C14H19N5S. The van der Waals surface area contributed by atoms with Crippen LogP contribution in [0.1, 0.15) is 31.1 Å². The van der Waals surface area contributed by atoms with Gasteiger partial charge in [-0.2, -0.15) is 16.4 Å². The summed E-state index contributed by atoms with van der Waals surface area (Å²) in [5.41, 5.74) is 10.4. The van der Waals surface area contributed by atoms with Crippen LogP contribution in [0.15, 0.2) is 16.8 Å². The lowest BCUT2D eigenvalue weighted by Crippen LogP contribution is -2.14. The molecule has 0 aliphatic rings. The van der Waals surface area contributed by atoms with Gasteiger partial charge < -0.3 is 5.73 Å². The molecule has 0 aliphatic heterocycles. The molecule has 3 aromatic heterocycles. The molecule has 2 N–H and O–H groups in total. The number of imidazole rings is 1. The van der Waals surface area contributed by atoms with Crippen molar-refractivity contribution in [2.24, 2.45) is 0 Å². The van der Waals surface area contributed by atoms with Gasteiger partial charge in [0.1, 0.15) is 5.52 Å². The summed E-state index contributed by atoms with van der Waals surface area (Å²) in [7, 11) is 0. The lowest BCUT2D eigenvalue weighted by atomic mass is 10.1. The molecule has 20 heavy (non-hydrogen) atoms. The molecule has 0 fully saturated rings. The molecule has 0 saturated heterocycles. The molecule has 0 spiro atoms. The Morgan fingerprint density at radius 1 is 1.45 bits per heavy atom. The van der Waals surface area contributed by atoms with E-state index in [1.807, 2.05) is 11.6 Å². The van der Waals surface area contributed by atoms with Gasteiger partial charge in [-0.3, -0.25) is 4.57 Å². The number of hydrogen-bond donors (Lipinski definition) is 1. The van der Waals surface area contributed by atoms with Crippen molar-refractivity contribution < 1.29 is 0 Å². The molecule has 6 heteroatoms. The van der Waals surface area contributed by atoms with Gasteiger partial charge in [0.25, 0.3) is 0 Å². The van der Waals surface area contributed by atoms with Crippen molar-refractivity contribution >= 4 is 28.4 Å². The van der Waals surface area contributed by atoms with Crippen LogP contribution in [0.25, 0.3) is 11.2 Å². The van der Waals surface area contributed by atoms with Crippen LogP contribution in [0.4, 0.5) is 5.95 Å². The predicted molar refractivity (Wildman–Crippen MR) is 83.1 cm³/mol. The minimum atomic E-state index is 0.260. The van der Waals surface area contributed by atoms with Crippen molar-refractivity contribution in [1.29, 1.82) is 0 Å². The standard InChI is InChI=1S/C14H19N5S/c1-4-18-13-12(10(3)17-18)16-14(15)19(13)9(2)7-11-5-6-20-8-11/h5-6,8-9H,4,7H2,1-3H3,(H2,15,16). The quantitative estimate of drug-likeness (QED) is 0.803. The second-order valence-electron chi connectivity index (χ2n) is 5.10. The third-order valence-electron chi connectivity index (χ3n) is 3.62. The molecule has 3 aromatic rings. The Bertz CT molecular complexity index is 722. The van der Waals surface area contributed by atoms with Crippen LogP contribution in [0, 0.1) is 6.92 Å². The maximum absolute atomic E-state index is 6.13. The zero-order chi connectivity index (χ0) is 14.3. The molecule has 3 rings (SSSR count). The minimum Gasteiger partial charge on any atom is -0.369 e. The monoisotopic (exact) mass is 289 g/mol. The fraction of sp³-hybridized carbons (Fsp3) is 0.429. The average Bonchev–Trinajstić information content (AvgIpc) is 3.08. The molecule has 106 valence electrons. The first-order chi connectivity index (χ1) is 9.61. The highest BCUT2D eigenvalue weighted by Crippen LogP contribution is 2.27. The molecule has 1 atom stereocenters. The second kappa shape index (κ2) is 4.94. The van der Waals surface area contributed by atoms with Crippen LogP contribution < -0.4 is 5.73 Å².